The summed E-state index contributed by atoms with van der Waals surface area (Å²) in [6.45, 7) is 6.10. The summed E-state index contributed by atoms with van der Waals surface area (Å²) in [5.41, 5.74) is 4.67. The lowest BCUT2D eigenvalue weighted by Gasteiger charge is -2.05. The van der Waals surface area contributed by atoms with E-state index in [0.717, 1.165) is 11.1 Å². The fourth-order valence-corrected chi connectivity index (χ4v) is 1.43. The summed E-state index contributed by atoms with van der Waals surface area (Å²) in [6, 6.07) is 8.30. The Morgan fingerprint density at radius 1 is 1.38 bits per heavy atom. The van der Waals surface area contributed by atoms with Crippen LogP contribution in [-0.2, 0) is 0 Å². The molecule has 0 fully saturated rings. The van der Waals surface area contributed by atoms with Gasteiger partial charge in [-0.1, -0.05) is 23.8 Å². The molecule has 0 unspecified atom stereocenters. The number of nitrogens with zero attached hydrogens (tertiary/aromatic N) is 1. The van der Waals surface area contributed by atoms with Crippen LogP contribution in [0.1, 0.15) is 23.6 Å². The minimum absolute atomic E-state index is 1.03. The lowest BCUT2D eigenvalue weighted by molar-refractivity contribution is 1.35. The van der Waals surface area contributed by atoms with Gasteiger partial charge in [-0.2, -0.15) is 5.26 Å². The van der Waals surface area contributed by atoms with Gasteiger partial charge in [-0.15, -0.1) is 0 Å². The van der Waals surface area contributed by atoms with Gasteiger partial charge in [-0.25, -0.2) is 0 Å². The smallest absolute Gasteiger partial charge is 0.0915 e. The molecule has 0 spiro atoms. The molecular formula is C12H13N. The van der Waals surface area contributed by atoms with Gasteiger partial charge in [0.15, 0.2) is 0 Å². The quantitative estimate of drug-likeness (QED) is 0.595. The second kappa shape index (κ2) is 3.91. The predicted molar refractivity (Wildman–Crippen MR) is 55.2 cm³/mol. The van der Waals surface area contributed by atoms with Crippen LogP contribution < -0.4 is 0 Å². The standard InChI is InChI=1S/C12H13N/c1-9-4-5-12(11(3)8-9)10(2)6-7-13/h4-6,8H,1-3H3. The lowest BCUT2D eigenvalue weighted by Crippen LogP contribution is -1.86. The van der Waals surface area contributed by atoms with E-state index in [1.165, 1.54) is 11.1 Å². The zero-order valence-corrected chi connectivity index (χ0v) is 8.26. The van der Waals surface area contributed by atoms with Crippen LogP contribution in [0.4, 0.5) is 0 Å². The molecule has 0 bridgehead atoms. The minimum atomic E-state index is 1.03. The van der Waals surface area contributed by atoms with Crippen molar-refractivity contribution in [1.82, 2.24) is 0 Å². The fourth-order valence-electron chi connectivity index (χ4n) is 1.43. The van der Waals surface area contributed by atoms with Gasteiger partial charge in [-0.3, -0.25) is 0 Å². The van der Waals surface area contributed by atoms with Crippen LogP contribution in [0.2, 0.25) is 0 Å². The molecule has 0 aliphatic heterocycles. The summed E-state index contributed by atoms with van der Waals surface area (Å²) >= 11 is 0. The Morgan fingerprint density at radius 3 is 2.62 bits per heavy atom. The summed E-state index contributed by atoms with van der Waals surface area (Å²) in [7, 11) is 0. The van der Waals surface area contributed by atoms with Crippen LogP contribution in [0.25, 0.3) is 5.57 Å². The molecule has 0 aliphatic rings. The molecule has 1 aromatic carbocycles. The second-order valence-electron chi connectivity index (χ2n) is 3.27. The van der Waals surface area contributed by atoms with Crippen molar-refractivity contribution in [3.05, 3.63) is 41.0 Å². The van der Waals surface area contributed by atoms with Gasteiger partial charge in [0.2, 0.25) is 0 Å². The Balaban J connectivity index is 3.18. The van der Waals surface area contributed by atoms with Crippen LogP contribution in [0.3, 0.4) is 0 Å². The van der Waals surface area contributed by atoms with E-state index in [9.17, 15) is 0 Å². The number of nitriles is 1. The number of rotatable bonds is 1. The average molecular weight is 171 g/mol. The van der Waals surface area contributed by atoms with Crippen LogP contribution in [-0.4, -0.2) is 0 Å². The van der Waals surface area contributed by atoms with Gasteiger partial charge in [0, 0.05) is 6.08 Å². The average Bonchev–Trinajstić information content (AvgIpc) is 2.04. The van der Waals surface area contributed by atoms with Crippen LogP contribution >= 0.6 is 0 Å². The third kappa shape index (κ3) is 2.19. The Bertz CT molecular complexity index is 381. The second-order valence-corrected chi connectivity index (χ2v) is 3.27. The van der Waals surface area contributed by atoms with Crippen molar-refractivity contribution in [3.8, 4) is 6.07 Å². The highest BCUT2D eigenvalue weighted by atomic mass is 14.2. The summed E-state index contributed by atoms with van der Waals surface area (Å²) < 4.78 is 0. The first-order valence-corrected chi connectivity index (χ1v) is 4.29. The van der Waals surface area contributed by atoms with Gasteiger partial charge < -0.3 is 0 Å². The van der Waals surface area contributed by atoms with Crippen molar-refractivity contribution in [2.24, 2.45) is 0 Å². The predicted octanol–water partition coefficient (Wildman–Crippen LogP) is 3.23. The van der Waals surface area contributed by atoms with E-state index in [1.54, 1.807) is 6.08 Å². The summed E-state index contributed by atoms with van der Waals surface area (Å²) in [6.07, 6.45) is 1.58. The van der Waals surface area contributed by atoms with Crippen LogP contribution in [0.5, 0.6) is 0 Å². The largest absolute Gasteiger partial charge is 0.193 e. The molecule has 0 aliphatic carbocycles. The van der Waals surface area contributed by atoms with E-state index in [-0.39, 0.29) is 0 Å². The molecule has 1 nitrogen and oxygen atoms in total. The number of hydrogen-bond donors (Lipinski definition) is 0. The molecule has 0 N–H and O–H groups in total. The van der Waals surface area contributed by atoms with E-state index < -0.39 is 0 Å². The van der Waals surface area contributed by atoms with Gasteiger partial charge >= 0.3 is 0 Å². The van der Waals surface area contributed by atoms with Crippen molar-refractivity contribution < 1.29 is 0 Å². The summed E-state index contributed by atoms with van der Waals surface area (Å²) in [5, 5.41) is 8.52. The molecule has 1 rings (SSSR count). The third-order valence-electron chi connectivity index (χ3n) is 2.09. The van der Waals surface area contributed by atoms with Crippen molar-refractivity contribution >= 4 is 5.57 Å². The maximum Gasteiger partial charge on any atom is 0.0915 e. The summed E-state index contributed by atoms with van der Waals surface area (Å²) in [5.74, 6) is 0. The molecule has 0 heterocycles. The van der Waals surface area contributed by atoms with Gasteiger partial charge in [0.25, 0.3) is 0 Å². The molecular weight excluding hydrogens is 158 g/mol. The number of hydrogen-bond acceptors (Lipinski definition) is 1. The minimum Gasteiger partial charge on any atom is -0.193 e. The van der Waals surface area contributed by atoms with Crippen molar-refractivity contribution in [2.45, 2.75) is 20.8 Å². The molecule has 0 saturated heterocycles. The highest BCUT2D eigenvalue weighted by Crippen LogP contribution is 2.18. The Kier molecular flexibility index (Phi) is 2.87. The normalized spacial score (nSPS) is 11.1. The number of allylic oxidation sites excluding steroid dienone is 2. The molecule has 0 saturated carbocycles. The first-order chi connectivity index (χ1) is 6.15. The van der Waals surface area contributed by atoms with Crippen molar-refractivity contribution in [2.75, 3.05) is 0 Å². The Labute approximate surface area is 79.3 Å². The molecule has 1 aromatic rings. The van der Waals surface area contributed by atoms with Gasteiger partial charge in [-0.05, 0) is 37.5 Å². The van der Waals surface area contributed by atoms with E-state index in [0.29, 0.717) is 0 Å². The highest BCUT2D eigenvalue weighted by molar-refractivity contribution is 5.68. The number of benzene rings is 1. The third-order valence-corrected chi connectivity index (χ3v) is 2.09. The molecule has 13 heavy (non-hydrogen) atoms. The van der Waals surface area contributed by atoms with Crippen molar-refractivity contribution in [3.63, 3.8) is 0 Å². The van der Waals surface area contributed by atoms with Crippen LogP contribution in [0.15, 0.2) is 24.3 Å². The zero-order valence-electron chi connectivity index (χ0n) is 8.26. The van der Waals surface area contributed by atoms with Gasteiger partial charge in [0.05, 0.1) is 6.07 Å². The van der Waals surface area contributed by atoms with E-state index in [1.807, 2.05) is 13.0 Å². The number of aryl methyl sites for hydroxylation is 2. The van der Waals surface area contributed by atoms with Crippen LogP contribution in [0, 0.1) is 25.2 Å². The molecule has 1 heteroatoms. The Morgan fingerprint density at radius 2 is 2.08 bits per heavy atom. The van der Waals surface area contributed by atoms with Gasteiger partial charge in [0.1, 0.15) is 0 Å². The SMILES string of the molecule is CC(=CC#N)c1ccc(C)cc1C. The maximum absolute atomic E-state index is 8.52. The first-order valence-electron chi connectivity index (χ1n) is 4.29. The lowest BCUT2D eigenvalue weighted by atomic mass is 10.00. The molecule has 0 aromatic heterocycles. The van der Waals surface area contributed by atoms with Crippen molar-refractivity contribution in [1.29, 1.82) is 5.26 Å². The summed E-state index contributed by atoms with van der Waals surface area (Å²) in [4.78, 5) is 0. The maximum atomic E-state index is 8.52. The zero-order chi connectivity index (χ0) is 9.84. The highest BCUT2D eigenvalue weighted by Gasteiger charge is 1.99. The molecule has 0 amide bonds. The fraction of sp³-hybridized carbons (Fsp3) is 0.250. The Hall–Kier alpha value is -1.55. The molecule has 0 atom stereocenters. The monoisotopic (exact) mass is 171 g/mol. The molecule has 0 radical (unpaired) electrons. The molecule has 66 valence electrons. The van der Waals surface area contributed by atoms with E-state index >= 15 is 0 Å². The first kappa shape index (κ1) is 9.54. The van der Waals surface area contributed by atoms with E-state index in [2.05, 4.69) is 32.0 Å². The topological polar surface area (TPSA) is 23.8 Å². The van der Waals surface area contributed by atoms with E-state index in [4.69, 9.17) is 5.26 Å².